The van der Waals surface area contributed by atoms with Gasteiger partial charge in [0, 0.05) is 13.2 Å². The van der Waals surface area contributed by atoms with Crippen molar-refractivity contribution >= 4 is 0 Å². The monoisotopic (exact) mass is 251 g/mol. The molecule has 0 bridgehead atoms. The standard InChI is InChI=1S/C15H25NO2/c1-4-16-12-15(18-11-10-17-5-2)14-9-7-6-8-13(14)3/h6-9,15-16H,4-5,10-12H2,1-3H3. The highest BCUT2D eigenvalue weighted by Crippen LogP contribution is 2.20. The molecule has 1 aromatic carbocycles. The Morgan fingerprint density at radius 2 is 1.94 bits per heavy atom. The molecule has 0 radical (unpaired) electrons. The number of aryl methyl sites for hydroxylation is 1. The molecule has 1 aromatic rings. The molecular weight excluding hydrogens is 226 g/mol. The van der Waals surface area contributed by atoms with Crippen LogP contribution in [0.4, 0.5) is 0 Å². The summed E-state index contributed by atoms with van der Waals surface area (Å²) in [6, 6.07) is 8.38. The van der Waals surface area contributed by atoms with E-state index in [1.165, 1.54) is 11.1 Å². The smallest absolute Gasteiger partial charge is 0.0952 e. The summed E-state index contributed by atoms with van der Waals surface area (Å²) >= 11 is 0. The number of hydrogen-bond acceptors (Lipinski definition) is 3. The van der Waals surface area contributed by atoms with Crippen LogP contribution in [0.1, 0.15) is 31.1 Å². The molecule has 3 heteroatoms. The summed E-state index contributed by atoms with van der Waals surface area (Å²) in [5, 5.41) is 3.35. The van der Waals surface area contributed by atoms with Gasteiger partial charge in [-0.05, 0) is 31.5 Å². The molecule has 1 atom stereocenters. The summed E-state index contributed by atoms with van der Waals surface area (Å²) < 4.78 is 11.2. The van der Waals surface area contributed by atoms with E-state index in [-0.39, 0.29) is 6.10 Å². The molecule has 102 valence electrons. The van der Waals surface area contributed by atoms with Gasteiger partial charge in [0.2, 0.25) is 0 Å². The van der Waals surface area contributed by atoms with Crippen LogP contribution in [0.15, 0.2) is 24.3 Å². The molecule has 0 aliphatic heterocycles. The van der Waals surface area contributed by atoms with Gasteiger partial charge in [-0.3, -0.25) is 0 Å². The number of likely N-dealkylation sites (N-methyl/N-ethyl adjacent to an activating group) is 1. The van der Waals surface area contributed by atoms with Gasteiger partial charge < -0.3 is 14.8 Å². The Kier molecular flexibility index (Phi) is 7.65. The molecule has 1 rings (SSSR count). The lowest BCUT2D eigenvalue weighted by molar-refractivity contribution is 0.00683. The predicted octanol–water partition coefficient (Wildman–Crippen LogP) is 2.70. The highest BCUT2D eigenvalue weighted by molar-refractivity contribution is 5.28. The minimum Gasteiger partial charge on any atom is -0.379 e. The Labute approximate surface area is 110 Å². The van der Waals surface area contributed by atoms with Crippen molar-refractivity contribution in [3.8, 4) is 0 Å². The third-order valence-corrected chi connectivity index (χ3v) is 2.87. The molecule has 1 N–H and O–H groups in total. The normalized spacial score (nSPS) is 12.6. The first-order valence-corrected chi connectivity index (χ1v) is 6.75. The molecule has 0 heterocycles. The first-order valence-electron chi connectivity index (χ1n) is 6.75. The van der Waals surface area contributed by atoms with Gasteiger partial charge >= 0.3 is 0 Å². The van der Waals surface area contributed by atoms with Crippen LogP contribution >= 0.6 is 0 Å². The number of rotatable bonds is 9. The van der Waals surface area contributed by atoms with Gasteiger partial charge in [-0.2, -0.15) is 0 Å². The van der Waals surface area contributed by atoms with E-state index in [9.17, 15) is 0 Å². The lowest BCUT2D eigenvalue weighted by Crippen LogP contribution is -2.24. The second kappa shape index (κ2) is 9.09. The summed E-state index contributed by atoms with van der Waals surface area (Å²) in [5.41, 5.74) is 2.53. The van der Waals surface area contributed by atoms with Gasteiger partial charge in [0.15, 0.2) is 0 Å². The van der Waals surface area contributed by atoms with E-state index in [1.54, 1.807) is 0 Å². The Morgan fingerprint density at radius 1 is 1.17 bits per heavy atom. The van der Waals surface area contributed by atoms with Crippen molar-refractivity contribution in [2.45, 2.75) is 26.9 Å². The van der Waals surface area contributed by atoms with Crippen molar-refractivity contribution in [3.05, 3.63) is 35.4 Å². The van der Waals surface area contributed by atoms with Crippen LogP contribution in [0.25, 0.3) is 0 Å². The Morgan fingerprint density at radius 3 is 2.61 bits per heavy atom. The maximum Gasteiger partial charge on any atom is 0.0952 e. The summed E-state index contributed by atoms with van der Waals surface area (Å²) in [6.07, 6.45) is 0.103. The van der Waals surface area contributed by atoms with Gasteiger partial charge in [-0.1, -0.05) is 31.2 Å². The van der Waals surface area contributed by atoms with Crippen LogP contribution in [0.5, 0.6) is 0 Å². The largest absolute Gasteiger partial charge is 0.379 e. The first-order chi connectivity index (χ1) is 8.79. The molecule has 1 unspecified atom stereocenters. The number of ether oxygens (including phenoxy) is 2. The van der Waals surface area contributed by atoms with E-state index in [2.05, 4.69) is 43.4 Å². The highest BCUT2D eigenvalue weighted by Gasteiger charge is 2.13. The average molecular weight is 251 g/mol. The Hall–Kier alpha value is -0.900. The van der Waals surface area contributed by atoms with Crippen LogP contribution in [0.3, 0.4) is 0 Å². The SMILES string of the molecule is CCNCC(OCCOCC)c1ccccc1C. The molecule has 0 fully saturated rings. The lowest BCUT2D eigenvalue weighted by atomic mass is 10.0. The molecule has 0 amide bonds. The van der Waals surface area contributed by atoms with Crippen LogP contribution < -0.4 is 5.32 Å². The number of hydrogen-bond donors (Lipinski definition) is 1. The van der Waals surface area contributed by atoms with E-state index in [0.29, 0.717) is 13.2 Å². The molecule has 3 nitrogen and oxygen atoms in total. The number of benzene rings is 1. The van der Waals surface area contributed by atoms with Crippen molar-refractivity contribution in [2.24, 2.45) is 0 Å². The molecule has 18 heavy (non-hydrogen) atoms. The summed E-state index contributed by atoms with van der Waals surface area (Å²) in [6.45, 7) is 10.1. The van der Waals surface area contributed by atoms with E-state index in [4.69, 9.17) is 9.47 Å². The second-order valence-electron chi connectivity index (χ2n) is 4.22. The Balaban J connectivity index is 2.57. The predicted molar refractivity (Wildman–Crippen MR) is 74.9 cm³/mol. The highest BCUT2D eigenvalue weighted by atomic mass is 16.5. The zero-order chi connectivity index (χ0) is 13.2. The summed E-state index contributed by atoms with van der Waals surface area (Å²) in [7, 11) is 0. The minimum atomic E-state index is 0.103. The van der Waals surface area contributed by atoms with Crippen LogP contribution in [0.2, 0.25) is 0 Å². The lowest BCUT2D eigenvalue weighted by Gasteiger charge is -2.20. The molecule has 0 spiro atoms. The van der Waals surface area contributed by atoms with Gasteiger partial charge in [0.1, 0.15) is 0 Å². The fourth-order valence-corrected chi connectivity index (χ4v) is 1.88. The van der Waals surface area contributed by atoms with Crippen LogP contribution in [-0.4, -0.2) is 32.9 Å². The van der Waals surface area contributed by atoms with Crippen molar-refractivity contribution in [3.63, 3.8) is 0 Å². The van der Waals surface area contributed by atoms with Gasteiger partial charge in [0.25, 0.3) is 0 Å². The first kappa shape index (κ1) is 15.2. The molecule has 0 saturated carbocycles. The van der Waals surface area contributed by atoms with Crippen molar-refractivity contribution in [2.75, 3.05) is 32.9 Å². The Bertz CT molecular complexity index is 328. The maximum atomic E-state index is 5.93. The summed E-state index contributed by atoms with van der Waals surface area (Å²) in [5.74, 6) is 0. The third-order valence-electron chi connectivity index (χ3n) is 2.87. The second-order valence-corrected chi connectivity index (χ2v) is 4.22. The fourth-order valence-electron chi connectivity index (χ4n) is 1.88. The fraction of sp³-hybridized carbons (Fsp3) is 0.600. The van der Waals surface area contributed by atoms with Crippen molar-refractivity contribution in [1.82, 2.24) is 5.32 Å². The van der Waals surface area contributed by atoms with E-state index in [0.717, 1.165) is 19.7 Å². The van der Waals surface area contributed by atoms with Crippen molar-refractivity contribution in [1.29, 1.82) is 0 Å². The third kappa shape index (κ3) is 5.17. The average Bonchev–Trinajstić information content (AvgIpc) is 2.39. The zero-order valence-electron chi connectivity index (χ0n) is 11.7. The van der Waals surface area contributed by atoms with Gasteiger partial charge in [-0.25, -0.2) is 0 Å². The van der Waals surface area contributed by atoms with Gasteiger partial charge in [0.05, 0.1) is 19.3 Å². The quantitative estimate of drug-likeness (QED) is 0.685. The van der Waals surface area contributed by atoms with Crippen LogP contribution in [0, 0.1) is 6.92 Å². The van der Waals surface area contributed by atoms with Gasteiger partial charge in [-0.15, -0.1) is 0 Å². The molecule has 0 saturated heterocycles. The molecular formula is C15H25NO2. The topological polar surface area (TPSA) is 30.5 Å². The minimum absolute atomic E-state index is 0.103. The van der Waals surface area contributed by atoms with Crippen molar-refractivity contribution < 1.29 is 9.47 Å². The zero-order valence-corrected chi connectivity index (χ0v) is 11.7. The molecule has 0 aromatic heterocycles. The number of nitrogens with one attached hydrogen (secondary N) is 1. The van der Waals surface area contributed by atoms with E-state index < -0.39 is 0 Å². The van der Waals surface area contributed by atoms with E-state index in [1.807, 2.05) is 6.92 Å². The van der Waals surface area contributed by atoms with Crippen LogP contribution in [-0.2, 0) is 9.47 Å². The molecule has 0 aliphatic rings. The molecule has 0 aliphatic carbocycles. The van der Waals surface area contributed by atoms with E-state index >= 15 is 0 Å². The maximum absolute atomic E-state index is 5.93. The summed E-state index contributed by atoms with van der Waals surface area (Å²) in [4.78, 5) is 0.